The molecule has 1 aliphatic heterocycles. The highest BCUT2D eigenvalue weighted by molar-refractivity contribution is 6.00. The van der Waals surface area contributed by atoms with E-state index in [4.69, 9.17) is 9.84 Å². The van der Waals surface area contributed by atoms with Gasteiger partial charge in [-0.05, 0) is 41.5 Å². The summed E-state index contributed by atoms with van der Waals surface area (Å²) in [5.74, 6) is 0.797. The van der Waals surface area contributed by atoms with Crippen LogP contribution in [-0.4, -0.2) is 63.8 Å². The molecule has 5 rings (SSSR count). The van der Waals surface area contributed by atoms with Crippen molar-refractivity contribution < 1.29 is 9.53 Å². The quantitative estimate of drug-likeness (QED) is 0.412. The van der Waals surface area contributed by atoms with Gasteiger partial charge in [0.1, 0.15) is 11.4 Å². The second-order valence-electron chi connectivity index (χ2n) is 8.73. The van der Waals surface area contributed by atoms with Crippen LogP contribution in [0.4, 0.5) is 0 Å². The Hall–Kier alpha value is -3.97. The molecule has 2 aromatic carbocycles. The Balaban J connectivity index is 1.35. The van der Waals surface area contributed by atoms with Gasteiger partial charge in [-0.15, -0.1) is 0 Å². The zero-order valence-electron chi connectivity index (χ0n) is 19.9. The summed E-state index contributed by atoms with van der Waals surface area (Å²) in [6.45, 7) is 4.49. The second kappa shape index (κ2) is 10.5. The third-order valence-electron chi connectivity index (χ3n) is 6.33. The van der Waals surface area contributed by atoms with E-state index >= 15 is 0 Å². The van der Waals surface area contributed by atoms with Gasteiger partial charge in [-0.1, -0.05) is 36.4 Å². The van der Waals surface area contributed by atoms with Gasteiger partial charge in [0.25, 0.3) is 5.91 Å². The lowest BCUT2D eigenvalue weighted by Crippen LogP contribution is -2.48. The van der Waals surface area contributed by atoms with Crippen molar-refractivity contribution in [1.29, 1.82) is 0 Å². The van der Waals surface area contributed by atoms with Crippen molar-refractivity contribution in [3.63, 3.8) is 0 Å². The van der Waals surface area contributed by atoms with Gasteiger partial charge >= 0.3 is 0 Å². The third-order valence-corrected chi connectivity index (χ3v) is 6.33. The number of hydrogen-bond acceptors (Lipinski definition) is 5. The van der Waals surface area contributed by atoms with Crippen LogP contribution in [0.1, 0.15) is 21.5 Å². The Morgan fingerprint density at radius 3 is 2.31 bits per heavy atom. The molecule has 3 heterocycles. The predicted molar refractivity (Wildman–Crippen MR) is 135 cm³/mol. The molecule has 0 saturated carbocycles. The summed E-state index contributed by atoms with van der Waals surface area (Å²) >= 11 is 0. The third kappa shape index (κ3) is 5.41. The molecule has 0 spiro atoms. The number of hydrogen-bond donors (Lipinski definition) is 0. The summed E-state index contributed by atoms with van der Waals surface area (Å²) in [5, 5.41) is 4.83. The van der Waals surface area contributed by atoms with Gasteiger partial charge in [-0.25, -0.2) is 0 Å². The topological polar surface area (TPSA) is 63.5 Å². The highest BCUT2D eigenvalue weighted by Crippen LogP contribution is 2.26. The first-order valence-corrected chi connectivity index (χ1v) is 11.9. The Morgan fingerprint density at radius 1 is 0.886 bits per heavy atom. The predicted octanol–water partition coefficient (Wildman–Crippen LogP) is 3.96. The molecule has 7 heteroatoms. The number of carbonyl (C=O) groups is 1. The molecule has 178 valence electrons. The minimum atomic E-state index is 0.0242. The molecular weight excluding hydrogens is 438 g/mol. The summed E-state index contributed by atoms with van der Waals surface area (Å²) in [4.78, 5) is 22.2. The highest BCUT2D eigenvalue weighted by atomic mass is 16.5. The van der Waals surface area contributed by atoms with Crippen molar-refractivity contribution in [2.45, 2.75) is 13.1 Å². The van der Waals surface area contributed by atoms with Crippen LogP contribution >= 0.6 is 0 Å². The molecule has 0 bridgehead atoms. The van der Waals surface area contributed by atoms with E-state index in [0.717, 1.165) is 36.5 Å². The number of nitrogens with zero attached hydrogens (tertiary/aromatic N) is 5. The fourth-order valence-electron chi connectivity index (χ4n) is 4.42. The van der Waals surface area contributed by atoms with Crippen molar-refractivity contribution in [3.05, 3.63) is 102 Å². The SMILES string of the molecule is COc1ccc(-c2nn(Cc3ccccc3)cc2C(=O)N2CCN(Cc3cccnc3)CC2)cc1. The molecule has 2 aromatic heterocycles. The van der Waals surface area contributed by atoms with Crippen molar-refractivity contribution in [2.75, 3.05) is 33.3 Å². The zero-order chi connectivity index (χ0) is 24.0. The summed E-state index contributed by atoms with van der Waals surface area (Å²) in [7, 11) is 1.65. The fourth-order valence-corrected chi connectivity index (χ4v) is 4.42. The Bertz CT molecular complexity index is 1250. The lowest BCUT2D eigenvalue weighted by molar-refractivity contribution is 0.0629. The van der Waals surface area contributed by atoms with Gasteiger partial charge in [0, 0.05) is 56.9 Å². The molecule has 4 aromatic rings. The lowest BCUT2D eigenvalue weighted by atomic mass is 10.1. The molecule has 1 saturated heterocycles. The maximum Gasteiger partial charge on any atom is 0.257 e. The number of pyridine rings is 1. The van der Waals surface area contributed by atoms with Crippen molar-refractivity contribution in [2.24, 2.45) is 0 Å². The van der Waals surface area contributed by atoms with Gasteiger partial charge in [0.2, 0.25) is 0 Å². The number of carbonyl (C=O) groups excluding carboxylic acids is 1. The number of methoxy groups -OCH3 is 1. The average Bonchev–Trinajstić information content (AvgIpc) is 3.33. The van der Waals surface area contributed by atoms with Crippen LogP contribution < -0.4 is 4.74 Å². The largest absolute Gasteiger partial charge is 0.497 e. The van der Waals surface area contributed by atoms with E-state index in [-0.39, 0.29) is 5.91 Å². The summed E-state index contributed by atoms with van der Waals surface area (Å²) < 4.78 is 7.17. The van der Waals surface area contributed by atoms with Crippen molar-refractivity contribution in [3.8, 4) is 17.0 Å². The summed E-state index contributed by atoms with van der Waals surface area (Å²) in [6.07, 6.45) is 5.58. The van der Waals surface area contributed by atoms with Crippen LogP contribution in [0.5, 0.6) is 5.75 Å². The average molecular weight is 468 g/mol. The van der Waals surface area contributed by atoms with E-state index in [1.165, 1.54) is 5.56 Å². The molecule has 7 nitrogen and oxygen atoms in total. The molecule has 0 radical (unpaired) electrons. The number of amides is 1. The number of rotatable bonds is 7. The molecule has 0 N–H and O–H groups in total. The highest BCUT2D eigenvalue weighted by Gasteiger charge is 2.26. The molecule has 35 heavy (non-hydrogen) atoms. The molecule has 1 amide bonds. The van der Waals surface area contributed by atoms with Crippen molar-refractivity contribution >= 4 is 5.91 Å². The summed E-state index contributed by atoms with van der Waals surface area (Å²) in [6, 6.07) is 21.9. The van der Waals surface area contributed by atoms with Crippen LogP contribution in [0.2, 0.25) is 0 Å². The normalized spacial score (nSPS) is 14.1. The first-order chi connectivity index (χ1) is 17.2. The van der Waals surface area contributed by atoms with Crippen LogP contribution in [0.25, 0.3) is 11.3 Å². The standard InChI is InChI=1S/C28H29N5O2/c1-35-25-11-9-24(10-12-25)27-26(21-33(30-27)20-22-6-3-2-4-7-22)28(34)32-16-14-31(15-17-32)19-23-8-5-13-29-18-23/h2-13,18,21H,14-17,19-20H2,1H3. The molecule has 0 atom stereocenters. The monoisotopic (exact) mass is 467 g/mol. The number of aromatic nitrogens is 3. The second-order valence-corrected chi connectivity index (χ2v) is 8.73. The van der Waals surface area contributed by atoms with Gasteiger partial charge in [-0.2, -0.15) is 5.10 Å². The van der Waals surface area contributed by atoms with E-state index < -0.39 is 0 Å². The van der Waals surface area contributed by atoms with E-state index in [2.05, 4.69) is 28.1 Å². The van der Waals surface area contributed by atoms with E-state index in [1.807, 2.05) is 70.5 Å². The van der Waals surface area contributed by atoms with Crippen LogP contribution in [0, 0.1) is 0 Å². The number of piperazine rings is 1. The number of benzene rings is 2. The molecule has 0 unspecified atom stereocenters. The molecule has 1 fully saturated rings. The fraction of sp³-hybridized carbons (Fsp3) is 0.250. The molecular formula is C28H29N5O2. The van der Waals surface area contributed by atoms with E-state index in [9.17, 15) is 4.79 Å². The first kappa shape index (κ1) is 22.8. The van der Waals surface area contributed by atoms with E-state index in [1.54, 1.807) is 13.3 Å². The van der Waals surface area contributed by atoms with Gasteiger partial charge in [0.05, 0.1) is 19.2 Å². The Kier molecular flexibility index (Phi) is 6.86. The van der Waals surface area contributed by atoms with Crippen molar-refractivity contribution in [1.82, 2.24) is 24.6 Å². The Labute approximate surface area is 205 Å². The van der Waals surface area contributed by atoms with Crippen LogP contribution in [-0.2, 0) is 13.1 Å². The van der Waals surface area contributed by atoms with Crippen LogP contribution in [0.3, 0.4) is 0 Å². The van der Waals surface area contributed by atoms with E-state index in [0.29, 0.717) is 30.9 Å². The molecule has 0 aliphatic carbocycles. The first-order valence-electron chi connectivity index (χ1n) is 11.9. The molecule has 1 aliphatic rings. The Morgan fingerprint density at radius 2 is 1.63 bits per heavy atom. The summed E-state index contributed by atoms with van der Waals surface area (Å²) in [5.41, 5.74) is 4.56. The van der Waals surface area contributed by atoms with Gasteiger partial charge < -0.3 is 9.64 Å². The maximum absolute atomic E-state index is 13.7. The van der Waals surface area contributed by atoms with Crippen LogP contribution in [0.15, 0.2) is 85.3 Å². The van der Waals surface area contributed by atoms with Gasteiger partial charge in [-0.3, -0.25) is 19.4 Å². The van der Waals surface area contributed by atoms with Gasteiger partial charge in [0.15, 0.2) is 0 Å². The maximum atomic E-state index is 13.7. The lowest BCUT2D eigenvalue weighted by Gasteiger charge is -2.34. The zero-order valence-corrected chi connectivity index (χ0v) is 19.9. The minimum Gasteiger partial charge on any atom is -0.497 e. The smallest absolute Gasteiger partial charge is 0.257 e. The number of ether oxygens (including phenoxy) is 1. The minimum absolute atomic E-state index is 0.0242.